The summed E-state index contributed by atoms with van der Waals surface area (Å²) in [5.41, 5.74) is -1.06. The molecule has 202 valence electrons. The molecule has 0 saturated carbocycles. The van der Waals surface area contributed by atoms with Gasteiger partial charge in [0, 0.05) is 0 Å². The van der Waals surface area contributed by atoms with Crippen molar-refractivity contribution >= 4 is 80.9 Å². The van der Waals surface area contributed by atoms with Gasteiger partial charge in [0.15, 0.2) is 0 Å². The van der Waals surface area contributed by atoms with Gasteiger partial charge in [0.1, 0.15) is 0 Å². The van der Waals surface area contributed by atoms with Crippen molar-refractivity contribution in [3.8, 4) is 0 Å². The van der Waals surface area contributed by atoms with Crippen molar-refractivity contribution in [3.63, 3.8) is 0 Å². The first kappa shape index (κ1) is 44.6. The first-order valence-corrected chi connectivity index (χ1v) is 14.6. The monoisotopic (exact) mass is 738 g/mol. The van der Waals surface area contributed by atoms with Gasteiger partial charge in [-0.3, -0.25) is 0 Å². The van der Waals surface area contributed by atoms with E-state index in [1.807, 2.05) is 0 Å². The fourth-order valence-electron chi connectivity index (χ4n) is 1.06. The molecule has 12 nitrogen and oxygen atoms in total. The summed E-state index contributed by atoms with van der Waals surface area (Å²) in [5.74, 6) is -9.09. The summed E-state index contributed by atoms with van der Waals surface area (Å²) in [6, 6.07) is 0. The van der Waals surface area contributed by atoms with Crippen LogP contribution in [0.1, 0.15) is 60.3 Å². The molecule has 0 unspecified atom stereocenters. The molecule has 0 aliphatic rings. The number of carbonyl (C=O) groups excluding carboxylic acids is 6. The van der Waals surface area contributed by atoms with Gasteiger partial charge in [0.05, 0.1) is 35.8 Å². The van der Waals surface area contributed by atoms with Crippen LogP contribution in [0.4, 0.5) is 0 Å². The Morgan fingerprint density at radius 3 is 0.730 bits per heavy atom. The third-order valence-corrected chi connectivity index (χ3v) is 5.05. The molecule has 0 spiro atoms. The number of carbonyl (C=O) groups is 6. The molecule has 0 atom stereocenters. The van der Waals surface area contributed by atoms with Crippen molar-refractivity contribution in [2.75, 3.05) is 0 Å². The molecule has 14 heteroatoms. The van der Waals surface area contributed by atoms with Crippen LogP contribution >= 0.6 is 0 Å². The van der Waals surface area contributed by atoms with Crippen LogP contribution < -0.4 is 30.6 Å². The summed E-state index contributed by atoms with van der Waals surface area (Å²) in [6.45, 7) is 7.80. The number of unbranched alkanes of at least 4 members (excludes halogenated alkanes) is 2. The van der Waals surface area contributed by atoms with Crippen molar-refractivity contribution in [3.05, 3.63) is 34.9 Å². The molecule has 0 N–H and O–H groups in total. The maximum atomic E-state index is 9.76. The van der Waals surface area contributed by atoms with E-state index in [1.54, 1.807) is 45.0 Å². The summed E-state index contributed by atoms with van der Waals surface area (Å²) >= 11 is 3.37. The summed E-state index contributed by atoms with van der Waals surface area (Å²) < 4.78 is 2.87. The zero-order chi connectivity index (χ0) is 30.6. The van der Waals surface area contributed by atoms with Crippen LogP contribution in [0.2, 0.25) is 8.87 Å². The Kier molecular flexibility index (Phi) is 38.2. The van der Waals surface area contributed by atoms with Crippen LogP contribution in [0.25, 0.3) is 0 Å². The number of rotatable bonds is 10. The number of carboxylic acid groups (broad SMARTS) is 6. The van der Waals surface area contributed by atoms with Gasteiger partial charge >= 0.3 is 93.5 Å². The van der Waals surface area contributed by atoms with Crippen LogP contribution in [0, 0.1) is 0 Å². The first-order valence-electron chi connectivity index (χ1n) is 10.6. The van der Waals surface area contributed by atoms with Crippen molar-refractivity contribution in [1.29, 1.82) is 0 Å². The fraction of sp³-hybridized carbons (Fsp3) is 0.478. The Bertz CT molecular complexity index is 694. The molecule has 37 heavy (non-hydrogen) atoms. The molecular weight excluding hydrogens is 706 g/mol. The van der Waals surface area contributed by atoms with Crippen molar-refractivity contribution < 1.29 is 59.4 Å². The van der Waals surface area contributed by atoms with Gasteiger partial charge in [-0.1, -0.05) is 0 Å². The third kappa shape index (κ3) is 51.2. The predicted octanol–water partition coefficient (Wildman–Crippen LogP) is -4.96. The van der Waals surface area contributed by atoms with E-state index in [0.29, 0.717) is 18.2 Å². The Morgan fingerprint density at radius 1 is 0.514 bits per heavy atom. The van der Waals surface area contributed by atoms with Gasteiger partial charge in [0.2, 0.25) is 0 Å². The number of hydrogen-bond acceptors (Lipinski definition) is 12. The molecule has 0 amide bonds. The molecule has 0 saturated heterocycles. The van der Waals surface area contributed by atoms with E-state index in [0.717, 1.165) is 20.8 Å². The molecule has 0 radical (unpaired) electrons. The van der Waals surface area contributed by atoms with E-state index in [1.165, 1.54) is 34.6 Å². The summed E-state index contributed by atoms with van der Waals surface area (Å²) in [5, 5.41) is 58.2. The fourth-order valence-corrected chi connectivity index (χ4v) is 3.08. The Hall–Kier alpha value is -2.36. The molecule has 0 aliphatic heterocycles. The SMILES string of the molecule is CC(=CC(=O)[O-])C(=O)[O-].CC(=CC(=O)[O-])C(=O)[O-].CC(=CC(=O)[O-])C(=O)[O-].CCC[CH2][Sn+3].CCC[CH2][Sn+3]. The first-order chi connectivity index (χ1) is 16.9. The Morgan fingerprint density at radius 2 is 0.703 bits per heavy atom. The van der Waals surface area contributed by atoms with E-state index in [9.17, 15) is 59.4 Å². The van der Waals surface area contributed by atoms with Crippen molar-refractivity contribution in [2.24, 2.45) is 0 Å². The minimum absolute atomic E-state index is 0.352. The van der Waals surface area contributed by atoms with Gasteiger partial charge in [-0.05, 0) is 55.7 Å². The Balaban J connectivity index is -0.000000118. The second-order valence-corrected chi connectivity index (χ2v) is 9.36. The zero-order valence-corrected chi connectivity index (χ0v) is 27.1. The van der Waals surface area contributed by atoms with Gasteiger partial charge in [0.25, 0.3) is 0 Å². The van der Waals surface area contributed by atoms with E-state index in [2.05, 4.69) is 13.8 Å². The molecule has 0 aromatic rings. The molecular formula is C23H30O12Sn2. The molecule has 0 aromatic carbocycles. The van der Waals surface area contributed by atoms with Crippen LogP contribution in [0.3, 0.4) is 0 Å². The van der Waals surface area contributed by atoms with Gasteiger partial charge in [-0.2, -0.15) is 0 Å². The zero-order valence-electron chi connectivity index (χ0n) is 21.4. The van der Waals surface area contributed by atoms with Gasteiger partial charge in [-0.15, -0.1) is 0 Å². The molecule has 0 aliphatic carbocycles. The van der Waals surface area contributed by atoms with E-state index >= 15 is 0 Å². The second kappa shape index (κ2) is 31.7. The van der Waals surface area contributed by atoms with Crippen molar-refractivity contribution in [1.82, 2.24) is 0 Å². The predicted molar refractivity (Wildman–Crippen MR) is 122 cm³/mol. The second-order valence-electron chi connectivity index (χ2n) is 6.51. The van der Waals surface area contributed by atoms with Crippen LogP contribution in [-0.4, -0.2) is 80.9 Å². The molecule has 0 rings (SSSR count). The standard InChI is InChI=1S/3C5H6O4.2C4H9.2Sn/c3*1-3(5(8)9)2-4(6)7;2*1-3-4-2;;/h3*2H,1H3,(H,6,7)(H,8,9);2*1,3-4H2,2H3;;/q;;;;;2*+3/p-6. The number of carboxylic acids is 6. The van der Waals surface area contributed by atoms with Gasteiger partial charge < -0.3 is 59.4 Å². The average molecular weight is 736 g/mol. The number of hydrogen-bond donors (Lipinski definition) is 0. The normalized spacial score (nSPS) is 10.4. The van der Waals surface area contributed by atoms with E-state index in [4.69, 9.17) is 0 Å². The minimum atomic E-state index is -1.53. The van der Waals surface area contributed by atoms with Crippen LogP contribution in [0.15, 0.2) is 34.9 Å². The summed E-state index contributed by atoms with van der Waals surface area (Å²) in [6.07, 6.45) is 6.99. The van der Waals surface area contributed by atoms with Gasteiger partial charge in [-0.25, -0.2) is 0 Å². The topological polar surface area (TPSA) is 241 Å². The van der Waals surface area contributed by atoms with E-state index < -0.39 is 35.8 Å². The molecule has 0 bridgehead atoms. The van der Waals surface area contributed by atoms with Crippen LogP contribution in [0.5, 0.6) is 0 Å². The summed E-state index contributed by atoms with van der Waals surface area (Å²) in [4.78, 5) is 58.2. The number of aliphatic carboxylic acids is 6. The maximum absolute atomic E-state index is 9.76. The Labute approximate surface area is 243 Å². The molecule has 0 aromatic heterocycles. The van der Waals surface area contributed by atoms with E-state index in [-0.39, 0.29) is 16.7 Å². The average Bonchev–Trinajstić information content (AvgIpc) is 2.75. The van der Waals surface area contributed by atoms with Crippen molar-refractivity contribution in [2.45, 2.75) is 69.2 Å². The quantitative estimate of drug-likeness (QED) is 0.151. The third-order valence-electron chi connectivity index (χ3n) is 3.03. The molecule has 0 fully saturated rings. The summed E-state index contributed by atoms with van der Waals surface area (Å²) in [7, 11) is 0. The molecule has 0 heterocycles. The van der Waals surface area contributed by atoms with Crippen LogP contribution in [-0.2, 0) is 28.8 Å².